The topological polar surface area (TPSA) is 50.3 Å². The molecule has 0 aromatic carbocycles. The molecule has 5 heteroatoms. The van der Waals surface area contributed by atoms with Gasteiger partial charge in [-0.25, -0.2) is 4.98 Å². The van der Waals surface area contributed by atoms with Gasteiger partial charge in [0.25, 0.3) is 0 Å². The molecule has 0 atom stereocenters. The van der Waals surface area contributed by atoms with Gasteiger partial charge in [-0.3, -0.25) is 0 Å². The average Bonchev–Trinajstić information content (AvgIpc) is 2.42. The van der Waals surface area contributed by atoms with Crippen LogP contribution in [0.5, 0.6) is 5.88 Å². The lowest BCUT2D eigenvalue weighted by atomic mass is 10.3. The maximum atomic E-state index is 5.42. The second kappa shape index (κ2) is 9.53. The molecule has 0 bridgehead atoms. The van der Waals surface area contributed by atoms with Crippen LogP contribution in [0.4, 0.5) is 5.82 Å². The molecule has 0 spiro atoms. The average molecular weight is 280 g/mol. The fourth-order valence-electron chi connectivity index (χ4n) is 2.07. The van der Waals surface area contributed by atoms with E-state index in [9.17, 15) is 0 Å². The normalized spacial score (nSPS) is 10.8. The summed E-state index contributed by atoms with van der Waals surface area (Å²) < 4.78 is 5.42. The molecule has 1 aromatic heterocycles. The molecule has 0 amide bonds. The molecule has 0 saturated carbocycles. The van der Waals surface area contributed by atoms with Crippen LogP contribution in [-0.2, 0) is 0 Å². The Morgan fingerprint density at radius 2 is 1.90 bits per heavy atom. The Morgan fingerprint density at radius 1 is 1.15 bits per heavy atom. The molecule has 20 heavy (non-hydrogen) atoms. The first-order valence-corrected chi connectivity index (χ1v) is 7.64. The highest BCUT2D eigenvalue weighted by atomic mass is 16.5. The SMILES string of the molecule is CCOc1cc(NCCCCN(CC)CC)nc(C)n1. The molecule has 0 aliphatic heterocycles. The summed E-state index contributed by atoms with van der Waals surface area (Å²) >= 11 is 0. The van der Waals surface area contributed by atoms with Gasteiger partial charge in [0.2, 0.25) is 5.88 Å². The maximum Gasteiger partial charge on any atom is 0.218 e. The van der Waals surface area contributed by atoms with Crippen LogP contribution in [0.1, 0.15) is 39.4 Å². The van der Waals surface area contributed by atoms with Crippen molar-refractivity contribution >= 4 is 5.82 Å². The van der Waals surface area contributed by atoms with Crippen LogP contribution in [-0.4, -0.2) is 47.7 Å². The summed E-state index contributed by atoms with van der Waals surface area (Å²) in [6.07, 6.45) is 2.35. The third-order valence-electron chi connectivity index (χ3n) is 3.21. The number of ether oxygens (including phenoxy) is 1. The van der Waals surface area contributed by atoms with Gasteiger partial charge in [0.05, 0.1) is 6.61 Å². The van der Waals surface area contributed by atoms with Crippen molar-refractivity contribution in [2.45, 2.75) is 40.5 Å². The molecule has 1 N–H and O–H groups in total. The number of aryl methyl sites for hydroxylation is 1. The summed E-state index contributed by atoms with van der Waals surface area (Å²) in [5.41, 5.74) is 0. The van der Waals surface area contributed by atoms with Crippen molar-refractivity contribution < 1.29 is 4.74 Å². The second-order valence-electron chi connectivity index (χ2n) is 4.73. The van der Waals surface area contributed by atoms with Crippen molar-refractivity contribution in [1.82, 2.24) is 14.9 Å². The minimum atomic E-state index is 0.625. The number of hydrogen-bond acceptors (Lipinski definition) is 5. The van der Waals surface area contributed by atoms with E-state index in [1.165, 1.54) is 13.0 Å². The highest BCUT2D eigenvalue weighted by Gasteiger charge is 2.02. The molecule has 114 valence electrons. The molecular weight excluding hydrogens is 252 g/mol. The van der Waals surface area contributed by atoms with Crippen LogP contribution in [0.15, 0.2) is 6.07 Å². The second-order valence-corrected chi connectivity index (χ2v) is 4.73. The number of nitrogens with zero attached hydrogens (tertiary/aromatic N) is 3. The van der Waals surface area contributed by atoms with Gasteiger partial charge in [0, 0.05) is 12.6 Å². The van der Waals surface area contributed by atoms with E-state index < -0.39 is 0 Å². The zero-order valence-electron chi connectivity index (χ0n) is 13.3. The van der Waals surface area contributed by atoms with E-state index in [2.05, 4.69) is 34.0 Å². The van der Waals surface area contributed by atoms with Gasteiger partial charge in [-0.05, 0) is 46.3 Å². The highest BCUT2D eigenvalue weighted by Crippen LogP contribution is 2.13. The fourth-order valence-corrected chi connectivity index (χ4v) is 2.07. The summed E-state index contributed by atoms with van der Waals surface area (Å²) in [6, 6.07) is 1.86. The van der Waals surface area contributed by atoms with Gasteiger partial charge >= 0.3 is 0 Å². The van der Waals surface area contributed by atoms with Crippen LogP contribution >= 0.6 is 0 Å². The first-order valence-electron chi connectivity index (χ1n) is 7.64. The zero-order chi connectivity index (χ0) is 14.8. The number of nitrogens with one attached hydrogen (secondary N) is 1. The van der Waals surface area contributed by atoms with Crippen molar-refractivity contribution in [3.8, 4) is 5.88 Å². The number of hydrogen-bond donors (Lipinski definition) is 1. The third-order valence-corrected chi connectivity index (χ3v) is 3.21. The number of anilines is 1. The Bertz CT molecular complexity index is 380. The summed E-state index contributed by atoms with van der Waals surface area (Å²) in [7, 11) is 0. The van der Waals surface area contributed by atoms with Crippen molar-refractivity contribution in [1.29, 1.82) is 0 Å². The van der Waals surface area contributed by atoms with Gasteiger partial charge in [0.15, 0.2) is 0 Å². The molecule has 0 fully saturated rings. The quantitative estimate of drug-likeness (QED) is 0.668. The van der Waals surface area contributed by atoms with Crippen molar-refractivity contribution in [3.05, 3.63) is 11.9 Å². The Morgan fingerprint density at radius 3 is 2.55 bits per heavy atom. The van der Waals surface area contributed by atoms with E-state index in [0.717, 1.165) is 37.7 Å². The van der Waals surface area contributed by atoms with Gasteiger partial charge in [-0.1, -0.05) is 13.8 Å². The van der Waals surface area contributed by atoms with E-state index in [4.69, 9.17) is 4.74 Å². The van der Waals surface area contributed by atoms with Crippen LogP contribution in [0.25, 0.3) is 0 Å². The summed E-state index contributed by atoms with van der Waals surface area (Å²) in [5, 5.41) is 3.34. The first kappa shape index (κ1) is 16.7. The van der Waals surface area contributed by atoms with Gasteiger partial charge in [-0.15, -0.1) is 0 Å². The lowest BCUT2D eigenvalue weighted by Crippen LogP contribution is -2.24. The van der Waals surface area contributed by atoms with Crippen LogP contribution in [0.3, 0.4) is 0 Å². The van der Waals surface area contributed by atoms with Gasteiger partial charge < -0.3 is 15.0 Å². The monoisotopic (exact) mass is 280 g/mol. The zero-order valence-corrected chi connectivity index (χ0v) is 13.3. The molecule has 0 aliphatic rings. The predicted molar refractivity (Wildman–Crippen MR) is 83.4 cm³/mol. The predicted octanol–water partition coefficient (Wildman–Crippen LogP) is 2.72. The molecule has 0 saturated heterocycles. The minimum Gasteiger partial charge on any atom is -0.478 e. The molecule has 0 radical (unpaired) electrons. The number of unbranched alkanes of at least 4 members (excludes halogenated alkanes) is 1. The Balaban J connectivity index is 2.31. The third kappa shape index (κ3) is 6.19. The van der Waals surface area contributed by atoms with E-state index in [0.29, 0.717) is 12.5 Å². The maximum absolute atomic E-state index is 5.42. The molecular formula is C15H28N4O. The summed E-state index contributed by atoms with van der Waals surface area (Å²) in [6.45, 7) is 13.2. The smallest absolute Gasteiger partial charge is 0.218 e. The lowest BCUT2D eigenvalue weighted by Gasteiger charge is -2.17. The Labute approximate surface area is 122 Å². The molecule has 0 unspecified atom stereocenters. The van der Waals surface area contributed by atoms with E-state index in [1.54, 1.807) is 0 Å². The largest absolute Gasteiger partial charge is 0.478 e. The van der Waals surface area contributed by atoms with E-state index in [-0.39, 0.29) is 0 Å². The summed E-state index contributed by atoms with van der Waals surface area (Å²) in [5.74, 6) is 2.23. The highest BCUT2D eigenvalue weighted by molar-refractivity contribution is 5.38. The van der Waals surface area contributed by atoms with E-state index >= 15 is 0 Å². The Kier molecular flexibility index (Phi) is 7.95. The molecule has 1 aromatic rings. The fraction of sp³-hybridized carbons (Fsp3) is 0.733. The molecule has 0 aliphatic carbocycles. The molecule has 5 nitrogen and oxygen atoms in total. The molecule has 1 heterocycles. The molecule has 1 rings (SSSR count). The van der Waals surface area contributed by atoms with Gasteiger partial charge in [-0.2, -0.15) is 4.98 Å². The first-order chi connectivity index (χ1) is 9.69. The van der Waals surface area contributed by atoms with Crippen molar-refractivity contribution in [2.24, 2.45) is 0 Å². The Hall–Kier alpha value is -1.36. The lowest BCUT2D eigenvalue weighted by molar-refractivity contribution is 0.298. The van der Waals surface area contributed by atoms with Crippen LogP contribution in [0, 0.1) is 6.92 Å². The van der Waals surface area contributed by atoms with Gasteiger partial charge in [0.1, 0.15) is 11.6 Å². The number of rotatable bonds is 10. The van der Waals surface area contributed by atoms with Crippen LogP contribution in [0.2, 0.25) is 0 Å². The number of aromatic nitrogens is 2. The van der Waals surface area contributed by atoms with Crippen LogP contribution < -0.4 is 10.1 Å². The van der Waals surface area contributed by atoms with E-state index in [1.807, 2.05) is 19.9 Å². The van der Waals surface area contributed by atoms with Crippen molar-refractivity contribution in [3.63, 3.8) is 0 Å². The van der Waals surface area contributed by atoms with Crippen molar-refractivity contribution in [2.75, 3.05) is 38.1 Å². The summed E-state index contributed by atoms with van der Waals surface area (Å²) in [4.78, 5) is 11.0. The minimum absolute atomic E-state index is 0.625. The standard InChI is InChI=1S/C15H28N4O/c1-5-19(6-2)11-9-8-10-16-14-12-15(20-7-3)18-13(4)17-14/h12H,5-11H2,1-4H3,(H,16,17,18).